The summed E-state index contributed by atoms with van der Waals surface area (Å²) in [5.74, 6) is -1.46. The van der Waals surface area contributed by atoms with E-state index >= 15 is 0 Å². The lowest BCUT2D eigenvalue weighted by Gasteiger charge is -2.13. The van der Waals surface area contributed by atoms with Crippen molar-refractivity contribution in [1.82, 2.24) is 4.72 Å². The molecule has 3 N–H and O–H groups in total. The number of benzene rings is 1. The first-order chi connectivity index (χ1) is 8.95. The summed E-state index contributed by atoms with van der Waals surface area (Å²) >= 11 is 0.856. The summed E-state index contributed by atoms with van der Waals surface area (Å²) in [5, 5.41) is 17.6. The van der Waals surface area contributed by atoms with Crippen LogP contribution in [0.2, 0.25) is 0 Å². The monoisotopic (exact) mass is 303 g/mol. The number of rotatable bonds is 5. The Labute approximate surface area is 112 Å². The van der Waals surface area contributed by atoms with E-state index in [1.165, 1.54) is 12.1 Å². The van der Waals surface area contributed by atoms with Crippen molar-refractivity contribution in [2.24, 2.45) is 8.73 Å². The number of nitrogens with one attached hydrogen (secondary N) is 1. The maximum atomic E-state index is 12.1. The molecule has 0 saturated carbocycles. The van der Waals surface area contributed by atoms with E-state index in [0.717, 1.165) is 11.4 Å². The van der Waals surface area contributed by atoms with E-state index in [9.17, 15) is 13.2 Å². The Hall–Kier alpha value is -1.62. The second-order valence-electron chi connectivity index (χ2n) is 3.58. The molecule has 19 heavy (non-hydrogen) atoms. The highest BCUT2D eigenvalue weighted by molar-refractivity contribution is 7.89. The lowest BCUT2D eigenvalue weighted by Crippen LogP contribution is -2.43. The lowest BCUT2D eigenvalue weighted by atomic mass is 10.3. The molecule has 1 aromatic rings. The Balaban J connectivity index is 2.39. The number of sulfonamides is 1. The summed E-state index contributed by atoms with van der Waals surface area (Å²) in [6.45, 7) is -0.847. The van der Waals surface area contributed by atoms with Crippen LogP contribution < -0.4 is 4.72 Å². The first-order valence-corrected chi connectivity index (χ1v) is 7.24. The van der Waals surface area contributed by atoms with Crippen molar-refractivity contribution in [1.29, 1.82) is 0 Å². The zero-order valence-electron chi connectivity index (χ0n) is 9.35. The van der Waals surface area contributed by atoms with Crippen LogP contribution in [0.3, 0.4) is 0 Å². The van der Waals surface area contributed by atoms with E-state index in [1.807, 2.05) is 4.72 Å². The van der Waals surface area contributed by atoms with E-state index < -0.39 is 28.6 Å². The second-order valence-corrected chi connectivity index (χ2v) is 5.79. The molecule has 1 aromatic carbocycles. The number of carboxylic acid groups (broad SMARTS) is 1. The molecule has 1 heterocycles. The van der Waals surface area contributed by atoms with Crippen LogP contribution in [-0.4, -0.2) is 37.2 Å². The summed E-state index contributed by atoms with van der Waals surface area (Å²) < 4.78 is 33.8. The molecule has 0 radical (unpaired) electrons. The number of carboxylic acids is 1. The van der Waals surface area contributed by atoms with Crippen LogP contribution in [0.15, 0.2) is 31.8 Å². The SMILES string of the molecule is O=C(O)[C@@H](CO)NS(=O)(=O)c1cccc2c1N=S=N2. The highest BCUT2D eigenvalue weighted by Crippen LogP contribution is 2.37. The van der Waals surface area contributed by atoms with Crippen molar-refractivity contribution < 1.29 is 23.4 Å². The number of fused-ring (bicyclic) bond motifs is 1. The van der Waals surface area contributed by atoms with Gasteiger partial charge < -0.3 is 10.2 Å². The Morgan fingerprint density at radius 1 is 1.42 bits per heavy atom. The van der Waals surface area contributed by atoms with Crippen LogP contribution in [0.4, 0.5) is 11.4 Å². The largest absolute Gasteiger partial charge is 0.480 e. The first-order valence-electron chi connectivity index (χ1n) is 5.03. The van der Waals surface area contributed by atoms with Crippen molar-refractivity contribution in [2.45, 2.75) is 10.9 Å². The zero-order chi connectivity index (χ0) is 14.0. The number of hydrogen-bond acceptors (Lipinski definition) is 6. The van der Waals surface area contributed by atoms with Crippen LogP contribution in [0.25, 0.3) is 0 Å². The normalized spacial score (nSPS) is 14.8. The van der Waals surface area contributed by atoms with Crippen molar-refractivity contribution >= 4 is 38.7 Å². The lowest BCUT2D eigenvalue weighted by molar-refractivity contribution is -0.139. The zero-order valence-corrected chi connectivity index (χ0v) is 11.0. The molecule has 8 nitrogen and oxygen atoms in total. The van der Waals surface area contributed by atoms with Gasteiger partial charge in [-0.05, 0) is 12.1 Å². The molecule has 0 saturated heterocycles. The minimum Gasteiger partial charge on any atom is -0.480 e. The molecule has 0 fully saturated rings. The van der Waals surface area contributed by atoms with Crippen molar-refractivity contribution in [3.63, 3.8) is 0 Å². The van der Waals surface area contributed by atoms with Crippen molar-refractivity contribution in [3.8, 4) is 0 Å². The molecule has 1 atom stereocenters. The average Bonchev–Trinajstić information content (AvgIpc) is 2.83. The molecule has 10 heteroatoms. The summed E-state index contributed by atoms with van der Waals surface area (Å²) in [6, 6.07) is 2.76. The van der Waals surface area contributed by atoms with Crippen molar-refractivity contribution in [3.05, 3.63) is 18.2 Å². The smallest absolute Gasteiger partial charge is 0.324 e. The Morgan fingerprint density at radius 2 is 2.16 bits per heavy atom. The third-order valence-electron chi connectivity index (χ3n) is 2.32. The van der Waals surface area contributed by atoms with Gasteiger partial charge in [-0.3, -0.25) is 4.79 Å². The van der Waals surface area contributed by atoms with E-state index in [1.54, 1.807) is 6.07 Å². The van der Waals surface area contributed by atoms with Gasteiger partial charge in [0.1, 0.15) is 22.3 Å². The summed E-state index contributed by atoms with van der Waals surface area (Å²) in [6.07, 6.45) is 0. The quantitative estimate of drug-likeness (QED) is 0.723. The Bertz CT molecular complexity index is 694. The minimum absolute atomic E-state index is 0.168. The maximum Gasteiger partial charge on any atom is 0.324 e. The predicted octanol–water partition coefficient (Wildman–Crippen LogP) is 0.137. The molecule has 2 rings (SSSR count). The van der Waals surface area contributed by atoms with Crippen LogP contribution in [-0.2, 0) is 26.2 Å². The molecule has 0 bridgehead atoms. The highest BCUT2D eigenvalue weighted by Gasteiger charge is 2.28. The van der Waals surface area contributed by atoms with Gasteiger partial charge in [-0.25, -0.2) is 8.42 Å². The number of hydrogen-bond donors (Lipinski definition) is 3. The van der Waals surface area contributed by atoms with Crippen LogP contribution in [0, 0.1) is 0 Å². The molecule has 0 unspecified atom stereocenters. The molecule has 102 valence electrons. The van der Waals surface area contributed by atoms with Gasteiger partial charge in [0.15, 0.2) is 0 Å². The van der Waals surface area contributed by atoms with Gasteiger partial charge in [0, 0.05) is 0 Å². The summed E-state index contributed by atoms with van der Waals surface area (Å²) in [4.78, 5) is 10.6. The fraction of sp³-hybridized carbons (Fsp3) is 0.222. The van der Waals surface area contributed by atoms with Gasteiger partial charge in [0.05, 0.1) is 18.0 Å². The van der Waals surface area contributed by atoms with Gasteiger partial charge in [0.2, 0.25) is 10.0 Å². The number of nitrogens with zero attached hydrogens (tertiary/aromatic N) is 2. The topological polar surface area (TPSA) is 128 Å². The predicted molar refractivity (Wildman–Crippen MR) is 66.8 cm³/mol. The number of aliphatic hydroxyl groups excluding tert-OH is 1. The maximum absolute atomic E-state index is 12.1. The molecule has 0 spiro atoms. The van der Waals surface area contributed by atoms with Gasteiger partial charge in [-0.2, -0.15) is 13.4 Å². The number of carbonyl (C=O) groups is 1. The number of aliphatic hydroxyl groups is 1. The highest BCUT2D eigenvalue weighted by atomic mass is 32.2. The Kier molecular flexibility index (Phi) is 3.75. The average molecular weight is 303 g/mol. The van der Waals surface area contributed by atoms with Crippen LogP contribution in [0.1, 0.15) is 0 Å². The Morgan fingerprint density at radius 3 is 2.79 bits per heavy atom. The summed E-state index contributed by atoms with van der Waals surface area (Å²) in [7, 11) is -4.10. The van der Waals surface area contributed by atoms with Crippen LogP contribution in [0.5, 0.6) is 0 Å². The summed E-state index contributed by atoms with van der Waals surface area (Å²) in [5.41, 5.74) is 0.575. The van der Waals surface area contributed by atoms with Gasteiger partial charge in [-0.1, -0.05) is 6.07 Å². The van der Waals surface area contributed by atoms with Gasteiger partial charge in [0.25, 0.3) is 0 Å². The second kappa shape index (κ2) is 5.17. The van der Waals surface area contributed by atoms with Gasteiger partial charge in [-0.15, -0.1) is 0 Å². The van der Waals surface area contributed by atoms with Crippen LogP contribution >= 0.6 is 0 Å². The third kappa shape index (κ3) is 2.71. The van der Waals surface area contributed by atoms with Crippen molar-refractivity contribution in [2.75, 3.05) is 6.61 Å². The van der Waals surface area contributed by atoms with E-state index in [2.05, 4.69) is 8.73 Å². The van der Waals surface area contributed by atoms with Gasteiger partial charge >= 0.3 is 5.97 Å². The molecule has 0 aliphatic carbocycles. The minimum atomic E-state index is -4.10. The molecule has 1 aliphatic rings. The molecular formula is C9H9N3O5S2. The van der Waals surface area contributed by atoms with E-state index in [-0.39, 0.29) is 10.6 Å². The first kappa shape index (κ1) is 13.8. The molecule has 0 amide bonds. The van der Waals surface area contributed by atoms with E-state index in [4.69, 9.17) is 10.2 Å². The van der Waals surface area contributed by atoms with E-state index in [0.29, 0.717) is 5.69 Å². The molecular weight excluding hydrogens is 294 g/mol. The fourth-order valence-electron chi connectivity index (χ4n) is 1.41. The standard InChI is InChI=1S/C9H9N3O5S2/c13-4-6(9(14)15)12-19(16,17)7-3-1-2-5-8(7)11-18-10-5/h1-3,6,12-13H,4H2,(H,14,15)/t6-/m1/s1. The third-order valence-corrected chi connectivity index (χ3v) is 4.36. The number of aliphatic carboxylic acids is 1. The molecule has 0 aromatic heterocycles. The molecule has 1 aliphatic heterocycles. The fourth-order valence-corrected chi connectivity index (χ4v) is 3.36.